The van der Waals surface area contributed by atoms with Crippen LogP contribution in [0.25, 0.3) is 0 Å². The number of rotatable bonds is 6. The van der Waals surface area contributed by atoms with Crippen molar-refractivity contribution in [2.75, 3.05) is 33.7 Å². The topological polar surface area (TPSA) is 73.7 Å². The monoisotopic (exact) mass is 329 g/mol. The van der Waals surface area contributed by atoms with Crippen molar-refractivity contribution >= 4 is 27.8 Å². The number of hydrogen-bond acceptors (Lipinski definition) is 4. The highest BCUT2D eigenvalue weighted by molar-refractivity contribution is 9.10. The van der Waals surface area contributed by atoms with Crippen molar-refractivity contribution in [2.24, 2.45) is 0 Å². The van der Waals surface area contributed by atoms with E-state index in [0.717, 1.165) is 0 Å². The van der Waals surface area contributed by atoms with Crippen molar-refractivity contribution in [2.45, 2.75) is 0 Å². The predicted molar refractivity (Wildman–Crippen MR) is 74.0 cm³/mol. The molecule has 0 bridgehead atoms. The summed E-state index contributed by atoms with van der Waals surface area (Å²) < 4.78 is 0.556. The minimum Gasteiger partial charge on any atom is -0.480 e. The molecule has 0 spiro atoms. The summed E-state index contributed by atoms with van der Waals surface area (Å²) in [5, 5.41) is 8.87. The normalized spacial score (nSPS) is 10.5. The zero-order valence-electron chi connectivity index (χ0n) is 10.8. The number of hydrogen-bond donors (Lipinski definition) is 1. The lowest BCUT2D eigenvalue weighted by Gasteiger charge is -2.22. The quantitative estimate of drug-likeness (QED) is 0.840. The smallest absolute Gasteiger partial charge is 0.323 e. The van der Waals surface area contributed by atoms with Crippen LogP contribution in [0.1, 0.15) is 10.5 Å². The van der Waals surface area contributed by atoms with Gasteiger partial charge in [0, 0.05) is 23.8 Å². The number of carbonyl (C=O) groups excluding carboxylic acids is 1. The fourth-order valence-electron chi connectivity index (χ4n) is 1.43. The maximum atomic E-state index is 12.3. The molecule has 0 radical (unpaired) electrons. The highest BCUT2D eigenvalue weighted by Gasteiger charge is 2.21. The Morgan fingerprint density at radius 1 is 1.37 bits per heavy atom. The molecule has 1 heterocycles. The van der Waals surface area contributed by atoms with Crippen LogP contribution in [0.4, 0.5) is 0 Å². The van der Waals surface area contributed by atoms with Crippen LogP contribution in [0.2, 0.25) is 0 Å². The minimum absolute atomic E-state index is 0.225. The molecule has 0 aromatic carbocycles. The molecule has 0 fully saturated rings. The molecular weight excluding hydrogens is 314 g/mol. The van der Waals surface area contributed by atoms with Crippen LogP contribution in [0.3, 0.4) is 0 Å². The van der Waals surface area contributed by atoms with E-state index in [1.54, 1.807) is 12.1 Å². The Morgan fingerprint density at radius 2 is 2.05 bits per heavy atom. The van der Waals surface area contributed by atoms with E-state index in [9.17, 15) is 9.59 Å². The highest BCUT2D eigenvalue weighted by atomic mass is 79.9. The summed E-state index contributed by atoms with van der Waals surface area (Å²) in [7, 11) is 3.72. The average Bonchev–Trinajstić information content (AvgIpc) is 2.33. The van der Waals surface area contributed by atoms with Gasteiger partial charge < -0.3 is 14.9 Å². The molecule has 0 unspecified atom stereocenters. The van der Waals surface area contributed by atoms with Gasteiger partial charge in [0.2, 0.25) is 0 Å². The molecule has 0 aliphatic heterocycles. The van der Waals surface area contributed by atoms with Crippen molar-refractivity contribution in [1.29, 1.82) is 0 Å². The predicted octanol–water partition coefficient (Wildman–Crippen LogP) is 0.933. The molecule has 1 aromatic rings. The summed E-state index contributed by atoms with van der Waals surface area (Å²) in [5.74, 6) is -1.43. The first-order valence-corrected chi connectivity index (χ1v) is 6.47. The molecule has 104 valence electrons. The number of likely N-dealkylation sites (N-methyl/N-ethyl adjacent to an activating group) is 1. The molecule has 0 aliphatic rings. The largest absolute Gasteiger partial charge is 0.480 e. The lowest BCUT2D eigenvalue weighted by molar-refractivity contribution is -0.137. The molecule has 0 saturated heterocycles. The molecular formula is C12H16BrN3O3. The number of amides is 1. The maximum absolute atomic E-state index is 12.3. The van der Waals surface area contributed by atoms with Crippen molar-refractivity contribution < 1.29 is 14.7 Å². The van der Waals surface area contributed by atoms with Crippen LogP contribution in [0.15, 0.2) is 22.8 Å². The van der Waals surface area contributed by atoms with E-state index in [4.69, 9.17) is 5.11 Å². The van der Waals surface area contributed by atoms with E-state index in [1.807, 2.05) is 19.0 Å². The van der Waals surface area contributed by atoms with Gasteiger partial charge in [-0.25, -0.2) is 4.98 Å². The third kappa shape index (κ3) is 4.96. The van der Waals surface area contributed by atoms with E-state index < -0.39 is 11.9 Å². The number of aromatic nitrogens is 1. The summed E-state index contributed by atoms with van der Waals surface area (Å²) in [6.07, 6.45) is 1.50. The van der Waals surface area contributed by atoms with E-state index in [1.165, 1.54) is 11.1 Å². The van der Waals surface area contributed by atoms with Gasteiger partial charge in [0.15, 0.2) is 0 Å². The Morgan fingerprint density at radius 3 is 2.58 bits per heavy atom. The Labute approximate surface area is 120 Å². The Balaban J connectivity index is 2.87. The molecule has 0 atom stereocenters. The Bertz CT molecular complexity index is 465. The zero-order chi connectivity index (χ0) is 14.4. The summed E-state index contributed by atoms with van der Waals surface area (Å²) in [6.45, 7) is 0.584. The van der Waals surface area contributed by atoms with Crippen molar-refractivity contribution in [3.05, 3.63) is 28.5 Å². The molecule has 1 N–H and O–H groups in total. The van der Waals surface area contributed by atoms with Crippen LogP contribution in [-0.4, -0.2) is 65.5 Å². The van der Waals surface area contributed by atoms with Crippen molar-refractivity contribution in [3.63, 3.8) is 0 Å². The zero-order valence-corrected chi connectivity index (χ0v) is 12.4. The van der Waals surface area contributed by atoms with Gasteiger partial charge in [-0.1, -0.05) is 0 Å². The standard InChI is InChI=1S/C12H16BrN3O3/c1-15(2)6-7-16(8-10(17)18)12(19)11-9(13)4-3-5-14-11/h3-5H,6-8H2,1-2H3,(H,17,18). The fraction of sp³-hybridized carbons (Fsp3) is 0.417. The second-order valence-corrected chi connectivity index (χ2v) is 5.11. The number of nitrogens with zero attached hydrogens (tertiary/aromatic N) is 3. The summed E-state index contributed by atoms with van der Waals surface area (Å²) in [6, 6.07) is 3.40. The number of pyridine rings is 1. The summed E-state index contributed by atoms with van der Waals surface area (Å²) in [4.78, 5) is 30.2. The van der Waals surface area contributed by atoms with E-state index in [2.05, 4.69) is 20.9 Å². The van der Waals surface area contributed by atoms with Crippen molar-refractivity contribution in [3.8, 4) is 0 Å². The van der Waals surface area contributed by atoms with Gasteiger partial charge in [-0.3, -0.25) is 9.59 Å². The van der Waals surface area contributed by atoms with E-state index in [0.29, 0.717) is 17.6 Å². The minimum atomic E-state index is -1.04. The van der Waals surface area contributed by atoms with Gasteiger partial charge in [0.05, 0.1) is 0 Å². The van der Waals surface area contributed by atoms with Crippen LogP contribution in [0, 0.1) is 0 Å². The van der Waals surface area contributed by atoms with Gasteiger partial charge in [-0.15, -0.1) is 0 Å². The van der Waals surface area contributed by atoms with E-state index >= 15 is 0 Å². The Hall–Kier alpha value is -1.47. The lowest BCUT2D eigenvalue weighted by atomic mass is 10.3. The van der Waals surface area contributed by atoms with Crippen LogP contribution in [-0.2, 0) is 4.79 Å². The average molecular weight is 330 g/mol. The third-order valence-corrected chi connectivity index (χ3v) is 3.03. The van der Waals surface area contributed by atoms with Gasteiger partial charge in [-0.05, 0) is 42.2 Å². The van der Waals surface area contributed by atoms with Gasteiger partial charge in [-0.2, -0.15) is 0 Å². The first-order valence-electron chi connectivity index (χ1n) is 5.68. The number of aliphatic carboxylic acids is 1. The molecule has 1 rings (SSSR count). The molecule has 7 heteroatoms. The molecule has 0 aliphatic carbocycles. The SMILES string of the molecule is CN(C)CCN(CC(=O)O)C(=O)c1ncccc1Br. The van der Waals surface area contributed by atoms with Crippen LogP contribution in [0.5, 0.6) is 0 Å². The summed E-state index contributed by atoms with van der Waals surface area (Å²) >= 11 is 3.24. The van der Waals surface area contributed by atoms with Gasteiger partial charge in [0.25, 0.3) is 5.91 Å². The lowest BCUT2D eigenvalue weighted by Crippen LogP contribution is -2.40. The number of carboxylic acid groups (broad SMARTS) is 1. The second kappa shape index (κ2) is 7.20. The second-order valence-electron chi connectivity index (χ2n) is 4.26. The van der Waals surface area contributed by atoms with E-state index in [-0.39, 0.29) is 12.2 Å². The third-order valence-electron chi connectivity index (χ3n) is 2.39. The molecule has 19 heavy (non-hydrogen) atoms. The molecule has 1 aromatic heterocycles. The number of carbonyl (C=O) groups is 2. The van der Waals surface area contributed by atoms with Gasteiger partial charge in [0.1, 0.15) is 12.2 Å². The Kier molecular flexibility index (Phi) is 5.91. The van der Waals surface area contributed by atoms with Crippen molar-refractivity contribution in [1.82, 2.24) is 14.8 Å². The molecule has 0 saturated carbocycles. The fourth-order valence-corrected chi connectivity index (χ4v) is 1.85. The first kappa shape index (κ1) is 15.6. The highest BCUT2D eigenvalue weighted by Crippen LogP contribution is 2.15. The molecule has 6 nitrogen and oxygen atoms in total. The van der Waals surface area contributed by atoms with Crippen LogP contribution >= 0.6 is 15.9 Å². The maximum Gasteiger partial charge on any atom is 0.323 e. The number of carboxylic acids is 1. The van der Waals surface area contributed by atoms with Gasteiger partial charge >= 0.3 is 5.97 Å². The summed E-state index contributed by atoms with van der Waals surface area (Å²) in [5.41, 5.74) is 0.225. The number of halogens is 1. The molecule has 1 amide bonds. The first-order chi connectivity index (χ1) is 8.91. The van der Waals surface area contributed by atoms with Crippen LogP contribution < -0.4 is 0 Å².